The van der Waals surface area contributed by atoms with Gasteiger partial charge in [0.2, 0.25) is 0 Å². The van der Waals surface area contributed by atoms with E-state index < -0.39 is 0 Å². The van der Waals surface area contributed by atoms with Crippen LogP contribution in [0.1, 0.15) is 47.2 Å². The van der Waals surface area contributed by atoms with E-state index in [0.717, 1.165) is 4.47 Å². The molecule has 0 unspecified atom stereocenters. The van der Waals surface area contributed by atoms with Gasteiger partial charge in [-0.25, -0.2) is 0 Å². The first kappa shape index (κ1) is 22.3. The SMILES string of the molecule is CC1(C)c2ccccc2C2(c3cc(Br)ccc3-c3c2cc(Br)c2c3sc3ccccc32)c2ccccc21. The summed E-state index contributed by atoms with van der Waals surface area (Å²) in [6, 6.07) is 36.4. The summed E-state index contributed by atoms with van der Waals surface area (Å²) >= 11 is 9.82. The van der Waals surface area contributed by atoms with E-state index in [9.17, 15) is 0 Å². The van der Waals surface area contributed by atoms with E-state index >= 15 is 0 Å². The Balaban J connectivity index is 1.65. The Morgan fingerprint density at radius 2 is 1.24 bits per heavy atom. The summed E-state index contributed by atoms with van der Waals surface area (Å²) in [5.41, 5.74) is 10.6. The molecule has 0 bridgehead atoms. The van der Waals surface area contributed by atoms with E-state index in [-0.39, 0.29) is 10.8 Å². The van der Waals surface area contributed by atoms with E-state index in [4.69, 9.17) is 0 Å². The molecule has 37 heavy (non-hydrogen) atoms. The summed E-state index contributed by atoms with van der Waals surface area (Å²) < 4.78 is 4.98. The van der Waals surface area contributed by atoms with Crippen molar-refractivity contribution in [1.29, 1.82) is 0 Å². The Kier molecular flexibility index (Phi) is 4.48. The van der Waals surface area contributed by atoms with Gasteiger partial charge in [-0.2, -0.15) is 0 Å². The summed E-state index contributed by atoms with van der Waals surface area (Å²) in [7, 11) is 0. The summed E-state index contributed by atoms with van der Waals surface area (Å²) in [6.07, 6.45) is 0. The normalized spacial score (nSPS) is 16.0. The van der Waals surface area contributed by atoms with E-state index in [1.165, 1.54) is 69.2 Å². The second-order valence-electron chi connectivity index (χ2n) is 10.7. The van der Waals surface area contributed by atoms with Gasteiger partial charge in [0.1, 0.15) is 0 Å². The number of halogens is 2. The Bertz CT molecular complexity index is 1890. The molecule has 3 heteroatoms. The zero-order chi connectivity index (χ0) is 25.1. The third kappa shape index (κ3) is 2.63. The fourth-order valence-corrected chi connectivity index (χ4v) is 9.61. The van der Waals surface area contributed by atoms with Crippen molar-refractivity contribution in [1.82, 2.24) is 0 Å². The first-order valence-corrected chi connectivity index (χ1v) is 15.0. The van der Waals surface area contributed by atoms with Crippen LogP contribution in [-0.2, 0) is 10.8 Å². The summed E-state index contributed by atoms with van der Waals surface area (Å²) in [6.45, 7) is 4.75. The molecule has 1 aromatic heterocycles. The Hall–Kier alpha value is -2.72. The Labute approximate surface area is 237 Å². The standard InChI is InChI=1S/C34H22Br2S/c1-33(2)22-10-4-6-12-24(22)34(25-13-7-5-11-23(25)33)26-17-19(35)15-16-20(26)30-27(34)18-28(36)31-21-9-3-8-14-29(21)37-32(30)31/h3-18H,1-2H3. The molecule has 0 fully saturated rings. The molecule has 0 atom stereocenters. The van der Waals surface area contributed by atoms with Crippen LogP contribution >= 0.6 is 43.2 Å². The first-order chi connectivity index (χ1) is 17.9. The maximum atomic E-state index is 4.06. The van der Waals surface area contributed by atoms with Crippen molar-refractivity contribution >= 4 is 63.4 Å². The van der Waals surface area contributed by atoms with E-state index in [2.05, 4.69) is 143 Å². The minimum Gasteiger partial charge on any atom is -0.134 e. The molecule has 5 aromatic carbocycles. The van der Waals surface area contributed by atoms with Gasteiger partial charge in [0.05, 0.1) is 5.41 Å². The predicted octanol–water partition coefficient (Wildman–Crippen LogP) is 10.6. The topological polar surface area (TPSA) is 0 Å². The number of hydrogen-bond acceptors (Lipinski definition) is 1. The molecule has 8 rings (SSSR count). The molecule has 0 saturated carbocycles. The monoisotopic (exact) mass is 620 g/mol. The molecule has 2 aliphatic carbocycles. The van der Waals surface area contributed by atoms with Crippen LogP contribution in [0.3, 0.4) is 0 Å². The van der Waals surface area contributed by atoms with Crippen molar-refractivity contribution in [2.75, 3.05) is 0 Å². The van der Waals surface area contributed by atoms with Crippen LogP contribution in [0.5, 0.6) is 0 Å². The summed E-state index contributed by atoms with van der Waals surface area (Å²) in [5, 5.41) is 2.64. The summed E-state index contributed by atoms with van der Waals surface area (Å²) in [4.78, 5) is 0. The molecule has 0 aliphatic heterocycles. The van der Waals surface area contributed by atoms with Crippen molar-refractivity contribution < 1.29 is 0 Å². The lowest BCUT2D eigenvalue weighted by atomic mass is 9.55. The highest BCUT2D eigenvalue weighted by atomic mass is 79.9. The van der Waals surface area contributed by atoms with Crippen molar-refractivity contribution in [2.45, 2.75) is 24.7 Å². The molecule has 0 saturated heterocycles. The van der Waals surface area contributed by atoms with Crippen molar-refractivity contribution in [3.63, 3.8) is 0 Å². The van der Waals surface area contributed by atoms with Gasteiger partial charge in [-0.1, -0.05) is 119 Å². The van der Waals surface area contributed by atoms with Gasteiger partial charge in [-0.05, 0) is 63.2 Å². The highest BCUT2D eigenvalue weighted by Crippen LogP contribution is 2.64. The molecule has 0 radical (unpaired) electrons. The second-order valence-corrected chi connectivity index (χ2v) is 13.6. The average molecular weight is 622 g/mol. The van der Waals surface area contributed by atoms with Crippen LogP contribution < -0.4 is 0 Å². The zero-order valence-corrected chi connectivity index (χ0v) is 24.4. The van der Waals surface area contributed by atoms with Crippen LogP contribution in [0.2, 0.25) is 0 Å². The highest BCUT2D eigenvalue weighted by Gasteiger charge is 2.54. The van der Waals surface area contributed by atoms with Crippen LogP contribution in [0.4, 0.5) is 0 Å². The van der Waals surface area contributed by atoms with Gasteiger partial charge >= 0.3 is 0 Å². The molecule has 0 nitrogen and oxygen atoms in total. The maximum Gasteiger partial charge on any atom is 0.0720 e. The Morgan fingerprint density at radius 3 is 1.95 bits per heavy atom. The van der Waals surface area contributed by atoms with Gasteiger partial charge < -0.3 is 0 Å². The smallest absolute Gasteiger partial charge is 0.0720 e. The lowest BCUT2D eigenvalue weighted by Crippen LogP contribution is -2.40. The van der Waals surface area contributed by atoms with Crippen molar-refractivity contribution in [2.24, 2.45) is 0 Å². The van der Waals surface area contributed by atoms with Crippen LogP contribution in [-0.4, -0.2) is 0 Å². The predicted molar refractivity (Wildman–Crippen MR) is 164 cm³/mol. The average Bonchev–Trinajstić information content (AvgIpc) is 3.42. The number of fused-ring (bicyclic) bond motifs is 13. The molecular weight excluding hydrogens is 600 g/mol. The number of hydrogen-bond donors (Lipinski definition) is 0. The quantitative estimate of drug-likeness (QED) is 0.158. The molecule has 1 spiro atoms. The molecule has 6 aromatic rings. The molecular formula is C34H22Br2S. The number of benzene rings is 5. The number of thiophene rings is 1. The largest absolute Gasteiger partial charge is 0.134 e. The van der Waals surface area contributed by atoms with Crippen LogP contribution in [0.25, 0.3) is 31.3 Å². The minimum atomic E-state index is -0.385. The minimum absolute atomic E-state index is 0.0910. The van der Waals surface area contributed by atoms with Crippen LogP contribution in [0.15, 0.2) is 106 Å². The molecule has 0 amide bonds. The third-order valence-electron chi connectivity index (χ3n) is 8.67. The van der Waals surface area contributed by atoms with Crippen molar-refractivity contribution in [3.8, 4) is 11.1 Å². The second kappa shape index (κ2) is 7.44. The van der Waals surface area contributed by atoms with Gasteiger partial charge in [-0.15, -0.1) is 11.3 Å². The van der Waals surface area contributed by atoms with Gasteiger partial charge in [0.25, 0.3) is 0 Å². The van der Waals surface area contributed by atoms with Gasteiger partial charge in [-0.3, -0.25) is 0 Å². The zero-order valence-electron chi connectivity index (χ0n) is 20.4. The molecule has 1 heterocycles. The van der Waals surface area contributed by atoms with Gasteiger partial charge in [0.15, 0.2) is 0 Å². The third-order valence-corrected chi connectivity index (χ3v) is 11.0. The fraction of sp³-hybridized carbons (Fsp3) is 0.118. The van der Waals surface area contributed by atoms with E-state index in [1.54, 1.807) is 0 Å². The molecule has 178 valence electrons. The lowest BCUT2D eigenvalue weighted by Gasteiger charge is -2.46. The fourth-order valence-electron chi connectivity index (χ4n) is 7.19. The lowest BCUT2D eigenvalue weighted by molar-refractivity contribution is 0.563. The Morgan fingerprint density at radius 1 is 0.622 bits per heavy atom. The van der Waals surface area contributed by atoms with Gasteiger partial charge in [0, 0.05) is 40.1 Å². The first-order valence-electron chi connectivity index (χ1n) is 12.6. The van der Waals surface area contributed by atoms with E-state index in [0.29, 0.717) is 0 Å². The molecule has 2 aliphatic rings. The summed E-state index contributed by atoms with van der Waals surface area (Å²) in [5.74, 6) is 0. The van der Waals surface area contributed by atoms with Crippen LogP contribution in [0, 0.1) is 0 Å². The van der Waals surface area contributed by atoms with E-state index in [1.807, 2.05) is 11.3 Å². The highest BCUT2D eigenvalue weighted by molar-refractivity contribution is 9.11. The maximum absolute atomic E-state index is 4.06. The molecule has 0 N–H and O–H groups in total. The van der Waals surface area contributed by atoms with Crippen molar-refractivity contribution in [3.05, 3.63) is 139 Å². The number of rotatable bonds is 0.